The molecule has 80 valence electrons. The molecule has 1 aliphatic heterocycles. The average molecular weight is 212 g/mol. The van der Waals surface area contributed by atoms with Crippen LogP contribution in [0.5, 0.6) is 0 Å². The summed E-state index contributed by atoms with van der Waals surface area (Å²) in [6.07, 6.45) is 0. The summed E-state index contributed by atoms with van der Waals surface area (Å²) in [5.41, 5.74) is 0.462. The molecule has 0 bridgehead atoms. The lowest BCUT2D eigenvalue weighted by Crippen LogP contribution is -2.40. The Morgan fingerprint density at radius 3 is 2.87 bits per heavy atom. The molecule has 0 atom stereocenters. The summed E-state index contributed by atoms with van der Waals surface area (Å²) in [5, 5.41) is 2.64. The molecule has 0 saturated heterocycles. The van der Waals surface area contributed by atoms with Crippen LogP contribution in [0, 0.1) is 11.6 Å². The maximum absolute atomic E-state index is 13.3. The van der Waals surface area contributed by atoms with E-state index in [1.807, 2.05) is 0 Å². The van der Waals surface area contributed by atoms with Crippen LogP contribution in [0.4, 0.5) is 20.2 Å². The molecular weight excluding hydrogens is 202 g/mol. The third-order valence-corrected chi connectivity index (χ3v) is 2.36. The molecule has 5 heteroatoms. The molecule has 0 saturated carbocycles. The SMILES string of the molecule is CCN1C(=O)CNc2c(F)cc(F)cc21. The molecule has 0 fully saturated rings. The lowest BCUT2D eigenvalue weighted by Gasteiger charge is -2.29. The Morgan fingerprint density at radius 1 is 1.47 bits per heavy atom. The van der Waals surface area contributed by atoms with Gasteiger partial charge in [0.2, 0.25) is 5.91 Å². The van der Waals surface area contributed by atoms with Crippen LogP contribution < -0.4 is 10.2 Å². The minimum atomic E-state index is -0.679. The Morgan fingerprint density at radius 2 is 2.20 bits per heavy atom. The summed E-state index contributed by atoms with van der Waals surface area (Å²) in [6, 6.07) is 1.96. The molecule has 1 aliphatic rings. The quantitative estimate of drug-likeness (QED) is 0.769. The molecule has 0 aliphatic carbocycles. The van der Waals surface area contributed by atoms with Crippen LogP contribution in [0.3, 0.4) is 0 Å². The van der Waals surface area contributed by atoms with Crippen molar-refractivity contribution in [2.75, 3.05) is 23.3 Å². The monoisotopic (exact) mass is 212 g/mol. The van der Waals surface area contributed by atoms with Gasteiger partial charge in [-0.2, -0.15) is 0 Å². The first-order valence-electron chi connectivity index (χ1n) is 4.66. The molecule has 1 amide bonds. The van der Waals surface area contributed by atoms with Crippen LogP contribution >= 0.6 is 0 Å². The van der Waals surface area contributed by atoms with Crippen LogP contribution in [-0.4, -0.2) is 19.0 Å². The van der Waals surface area contributed by atoms with Gasteiger partial charge in [0.25, 0.3) is 0 Å². The van der Waals surface area contributed by atoms with E-state index in [9.17, 15) is 13.6 Å². The first kappa shape index (κ1) is 9.89. The lowest BCUT2D eigenvalue weighted by molar-refractivity contribution is -0.117. The fourth-order valence-electron chi connectivity index (χ4n) is 1.69. The molecule has 2 rings (SSSR count). The number of amides is 1. The van der Waals surface area contributed by atoms with Gasteiger partial charge in [0.15, 0.2) is 5.82 Å². The molecule has 1 aromatic rings. The van der Waals surface area contributed by atoms with Crippen LogP contribution in [-0.2, 0) is 4.79 Å². The van der Waals surface area contributed by atoms with Crippen molar-refractivity contribution >= 4 is 17.3 Å². The molecule has 3 nitrogen and oxygen atoms in total. The van der Waals surface area contributed by atoms with Crippen molar-refractivity contribution < 1.29 is 13.6 Å². The molecule has 0 spiro atoms. The van der Waals surface area contributed by atoms with Crippen LogP contribution in [0.25, 0.3) is 0 Å². The van der Waals surface area contributed by atoms with E-state index in [1.54, 1.807) is 6.92 Å². The molecule has 0 aromatic heterocycles. The Kier molecular flexibility index (Phi) is 2.30. The standard InChI is InChI=1S/C10H10F2N2O/c1-2-14-8-4-6(11)3-7(12)10(8)13-5-9(14)15/h3-4,13H,2,5H2,1H3. The second-order valence-corrected chi connectivity index (χ2v) is 3.27. The molecule has 1 heterocycles. The number of fused-ring (bicyclic) bond motifs is 1. The number of nitrogens with zero attached hydrogens (tertiary/aromatic N) is 1. The van der Waals surface area contributed by atoms with Crippen molar-refractivity contribution in [3.8, 4) is 0 Å². The largest absolute Gasteiger partial charge is 0.372 e. The number of benzene rings is 1. The number of halogens is 2. The number of hydrogen-bond donors (Lipinski definition) is 1. The Hall–Kier alpha value is -1.65. The van der Waals surface area contributed by atoms with Gasteiger partial charge in [-0.1, -0.05) is 0 Å². The lowest BCUT2D eigenvalue weighted by atomic mass is 10.2. The summed E-state index contributed by atoms with van der Waals surface area (Å²) in [6.45, 7) is 2.20. The summed E-state index contributed by atoms with van der Waals surface area (Å²) in [4.78, 5) is 12.8. The van der Waals surface area contributed by atoms with Gasteiger partial charge in [-0.3, -0.25) is 4.79 Å². The first-order valence-corrected chi connectivity index (χ1v) is 4.66. The van der Waals surface area contributed by atoms with E-state index in [-0.39, 0.29) is 23.8 Å². The van der Waals surface area contributed by atoms with Crippen molar-refractivity contribution in [2.24, 2.45) is 0 Å². The van der Waals surface area contributed by atoms with E-state index in [1.165, 1.54) is 4.90 Å². The number of carbonyl (C=O) groups excluding carboxylic acids is 1. The fraction of sp³-hybridized carbons (Fsp3) is 0.300. The minimum Gasteiger partial charge on any atom is -0.372 e. The smallest absolute Gasteiger partial charge is 0.246 e. The second-order valence-electron chi connectivity index (χ2n) is 3.27. The van der Waals surface area contributed by atoms with E-state index in [2.05, 4.69) is 5.32 Å². The predicted octanol–water partition coefficient (Wildman–Crippen LogP) is 1.74. The summed E-state index contributed by atoms with van der Waals surface area (Å²) in [5.74, 6) is -1.54. The number of anilines is 2. The zero-order valence-corrected chi connectivity index (χ0v) is 8.18. The zero-order valence-electron chi connectivity index (χ0n) is 8.18. The fourth-order valence-corrected chi connectivity index (χ4v) is 1.69. The first-order chi connectivity index (χ1) is 7.13. The highest BCUT2D eigenvalue weighted by molar-refractivity contribution is 6.02. The number of nitrogens with one attached hydrogen (secondary N) is 1. The van der Waals surface area contributed by atoms with Gasteiger partial charge in [-0.05, 0) is 13.0 Å². The topological polar surface area (TPSA) is 32.3 Å². The van der Waals surface area contributed by atoms with E-state index in [0.717, 1.165) is 12.1 Å². The van der Waals surface area contributed by atoms with Gasteiger partial charge >= 0.3 is 0 Å². The van der Waals surface area contributed by atoms with Gasteiger partial charge in [0, 0.05) is 12.6 Å². The third kappa shape index (κ3) is 1.54. The highest BCUT2D eigenvalue weighted by Crippen LogP contribution is 2.32. The Balaban J connectivity index is 2.57. The highest BCUT2D eigenvalue weighted by atomic mass is 19.1. The molecular formula is C10H10F2N2O. The Labute approximate surface area is 85.7 Å². The van der Waals surface area contributed by atoms with Crippen LogP contribution in [0.15, 0.2) is 12.1 Å². The summed E-state index contributed by atoms with van der Waals surface area (Å²) >= 11 is 0. The summed E-state index contributed by atoms with van der Waals surface area (Å²) < 4.78 is 26.3. The van der Waals surface area contributed by atoms with Gasteiger partial charge in [-0.25, -0.2) is 8.78 Å². The molecule has 0 unspecified atom stereocenters. The van der Waals surface area contributed by atoms with Gasteiger partial charge in [0.1, 0.15) is 5.82 Å². The van der Waals surface area contributed by atoms with E-state index < -0.39 is 11.6 Å². The van der Waals surface area contributed by atoms with Gasteiger partial charge < -0.3 is 10.2 Å². The molecule has 0 radical (unpaired) electrons. The van der Waals surface area contributed by atoms with E-state index in [0.29, 0.717) is 6.54 Å². The number of carbonyl (C=O) groups is 1. The predicted molar refractivity (Wildman–Crippen MR) is 52.9 cm³/mol. The normalized spacial score (nSPS) is 14.9. The summed E-state index contributed by atoms with van der Waals surface area (Å²) in [7, 11) is 0. The van der Waals surface area contributed by atoms with Crippen molar-refractivity contribution in [1.82, 2.24) is 0 Å². The van der Waals surface area contributed by atoms with Crippen LogP contribution in [0.2, 0.25) is 0 Å². The zero-order chi connectivity index (χ0) is 11.0. The highest BCUT2D eigenvalue weighted by Gasteiger charge is 2.25. The van der Waals surface area contributed by atoms with Crippen molar-refractivity contribution in [3.63, 3.8) is 0 Å². The molecule has 15 heavy (non-hydrogen) atoms. The van der Waals surface area contributed by atoms with Gasteiger partial charge in [0.05, 0.1) is 17.9 Å². The van der Waals surface area contributed by atoms with E-state index >= 15 is 0 Å². The van der Waals surface area contributed by atoms with E-state index in [4.69, 9.17) is 0 Å². The number of hydrogen-bond acceptors (Lipinski definition) is 2. The average Bonchev–Trinajstić information content (AvgIpc) is 2.17. The van der Waals surface area contributed by atoms with Crippen molar-refractivity contribution in [1.29, 1.82) is 0 Å². The van der Waals surface area contributed by atoms with Crippen molar-refractivity contribution in [3.05, 3.63) is 23.8 Å². The number of likely N-dealkylation sites (N-methyl/N-ethyl adjacent to an activating group) is 1. The van der Waals surface area contributed by atoms with Gasteiger partial charge in [-0.15, -0.1) is 0 Å². The molecule has 1 aromatic carbocycles. The minimum absolute atomic E-state index is 0.0450. The Bertz CT molecular complexity index is 420. The third-order valence-electron chi connectivity index (χ3n) is 2.36. The van der Waals surface area contributed by atoms with Crippen molar-refractivity contribution in [2.45, 2.75) is 6.92 Å². The molecule has 1 N–H and O–H groups in total. The maximum atomic E-state index is 13.3. The maximum Gasteiger partial charge on any atom is 0.246 e. The number of rotatable bonds is 1. The van der Waals surface area contributed by atoms with Crippen LogP contribution in [0.1, 0.15) is 6.92 Å². The second kappa shape index (κ2) is 3.49.